The third kappa shape index (κ3) is 4.04. The van der Waals surface area contributed by atoms with Crippen LogP contribution in [0.1, 0.15) is 19.8 Å². The molecule has 0 aliphatic carbocycles. The summed E-state index contributed by atoms with van der Waals surface area (Å²) in [6.07, 6.45) is 1.61. The lowest BCUT2D eigenvalue weighted by molar-refractivity contribution is -0.130. The second-order valence-corrected chi connectivity index (χ2v) is 6.51. The summed E-state index contributed by atoms with van der Waals surface area (Å²) in [5.41, 5.74) is 1.53. The molecule has 7 heteroatoms. The minimum Gasteiger partial charge on any atom is -0.431 e. The quantitative estimate of drug-likeness (QED) is 0.867. The minimum atomic E-state index is -0.0291. The molecule has 2 heterocycles. The highest BCUT2D eigenvalue weighted by Gasteiger charge is 2.22. The maximum atomic E-state index is 12.0. The number of likely N-dealkylation sites (tertiary alicyclic amines) is 1. The number of hydrogen-bond acceptors (Lipinski definition) is 5. The van der Waals surface area contributed by atoms with Gasteiger partial charge in [-0.1, -0.05) is 23.9 Å². The van der Waals surface area contributed by atoms with Crippen molar-refractivity contribution in [3.63, 3.8) is 0 Å². The van der Waals surface area contributed by atoms with E-state index in [0.717, 1.165) is 23.9 Å². The number of fused-ring (bicyclic) bond motifs is 1. The van der Waals surface area contributed by atoms with Crippen LogP contribution in [-0.4, -0.2) is 46.6 Å². The first-order valence-electron chi connectivity index (χ1n) is 7.65. The molecule has 122 valence electrons. The monoisotopic (exact) mass is 333 g/mol. The number of piperidine rings is 1. The highest BCUT2D eigenvalue weighted by Crippen LogP contribution is 2.23. The summed E-state index contributed by atoms with van der Waals surface area (Å²) in [6, 6.07) is 7.67. The number of benzene rings is 1. The molecule has 1 aliphatic rings. The van der Waals surface area contributed by atoms with E-state index in [1.165, 1.54) is 11.8 Å². The van der Waals surface area contributed by atoms with Crippen LogP contribution in [-0.2, 0) is 9.59 Å². The van der Waals surface area contributed by atoms with Crippen molar-refractivity contribution in [2.75, 3.05) is 18.8 Å². The molecular weight excluding hydrogens is 314 g/mol. The van der Waals surface area contributed by atoms with Gasteiger partial charge >= 0.3 is 0 Å². The van der Waals surface area contributed by atoms with Gasteiger partial charge in [0, 0.05) is 26.1 Å². The normalized spacial score (nSPS) is 15.8. The van der Waals surface area contributed by atoms with Crippen LogP contribution in [0.15, 0.2) is 33.9 Å². The molecule has 23 heavy (non-hydrogen) atoms. The van der Waals surface area contributed by atoms with Gasteiger partial charge in [-0.25, -0.2) is 4.98 Å². The van der Waals surface area contributed by atoms with Crippen molar-refractivity contribution in [3.05, 3.63) is 24.3 Å². The molecule has 6 nitrogen and oxygen atoms in total. The summed E-state index contributed by atoms with van der Waals surface area (Å²) in [5, 5.41) is 3.52. The first-order chi connectivity index (χ1) is 11.1. The Labute approximate surface area is 138 Å². The second-order valence-electron chi connectivity index (χ2n) is 5.58. The molecule has 1 fully saturated rings. The Kier molecular flexibility index (Phi) is 4.85. The fraction of sp³-hybridized carbons (Fsp3) is 0.438. The van der Waals surface area contributed by atoms with Crippen molar-refractivity contribution >= 4 is 34.7 Å². The van der Waals surface area contributed by atoms with Crippen LogP contribution in [0.5, 0.6) is 0 Å². The molecule has 0 bridgehead atoms. The molecule has 1 aromatic heterocycles. The fourth-order valence-electron chi connectivity index (χ4n) is 2.65. The highest BCUT2D eigenvalue weighted by molar-refractivity contribution is 7.99. The molecule has 0 atom stereocenters. The van der Waals surface area contributed by atoms with Crippen molar-refractivity contribution in [1.82, 2.24) is 15.2 Å². The lowest BCUT2D eigenvalue weighted by Gasteiger charge is -2.31. The Morgan fingerprint density at radius 2 is 2.09 bits per heavy atom. The summed E-state index contributed by atoms with van der Waals surface area (Å²) in [6.45, 7) is 2.99. The van der Waals surface area contributed by atoms with Crippen LogP contribution in [0.4, 0.5) is 0 Å². The van der Waals surface area contributed by atoms with Crippen molar-refractivity contribution in [2.45, 2.75) is 31.0 Å². The van der Waals surface area contributed by atoms with Gasteiger partial charge in [0.1, 0.15) is 5.52 Å². The van der Waals surface area contributed by atoms with Crippen LogP contribution >= 0.6 is 11.8 Å². The van der Waals surface area contributed by atoms with E-state index in [2.05, 4.69) is 10.3 Å². The lowest BCUT2D eigenvalue weighted by atomic mass is 10.1. The van der Waals surface area contributed by atoms with Crippen molar-refractivity contribution < 1.29 is 14.0 Å². The van der Waals surface area contributed by atoms with Gasteiger partial charge in [-0.2, -0.15) is 0 Å². The average molecular weight is 333 g/mol. The first kappa shape index (κ1) is 15.9. The summed E-state index contributed by atoms with van der Waals surface area (Å²) in [4.78, 5) is 29.5. The molecule has 0 radical (unpaired) electrons. The molecule has 3 rings (SSSR count). The zero-order chi connectivity index (χ0) is 16.2. The Hall–Kier alpha value is -2.02. The van der Waals surface area contributed by atoms with E-state index in [1.807, 2.05) is 29.2 Å². The first-order valence-corrected chi connectivity index (χ1v) is 8.63. The van der Waals surface area contributed by atoms with Gasteiger partial charge in [0.15, 0.2) is 5.58 Å². The smallest absolute Gasteiger partial charge is 0.257 e. The molecule has 0 saturated carbocycles. The van der Waals surface area contributed by atoms with Gasteiger partial charge in [-0.3, -0.25) is 9.59 Å². The number of hydrogen-bond donors (Lipinski definition) is 1. The third-order valence-corrected chi connectivity index (χ3v) is 4.73. The van der Waals surface area contributed by atoms with Crippen molar-refractivity contribution in [3.8, 4) is 0 Å². The Bertz CT molecular complexity index is 674. The van der Waals surface area contributed by atoms with Gasteiger partial charge in [0.25, 0.3) is 5.22 Å². The number of para-hydroxylation sites is 2. The van der Waals surface area contributed by atoms with E-state index in [4.69, 9.17) is 4.42 Å². The second kappa shape index (κ2) is 7.04. The number of carbonyl (C=O) groups excluding carboxylic acids is 2. The third-order valence-electron chi connectivity index (χ3n) is 3.91. The summed E-state index contributed by atoms with van der Waals surface area (Å²) in [5.74, 6) is 0.347. The van der Waals surface area contributed by atoms with Gasteiger partial charge in [-0.15, -0.1) is 0 Å². The van der Waals surface area contributed by atoms with E-state index in [9.17, 15) is 9.59 Å². The molecule has 1 aromatic carbocycles. The Morgan fingerprint density at radius 3 is 2.78 bits per heavy atom. The van der Waals surface area contributed by atoms with Crippen LogP contribution in [0.25, 0.3) is 11.1 Å². The number of carbonyl (C=O) groups is 2. The predicted molar refractivity (Wildman–Crippen MR) is 88.2 cm³/mol. The maximum Gasteiger partial charge on any atom is 0.257 e. The minimum absolute atomic E-state index is 0.0291. The van der Waals surface area contributed by atoms with Gasteiger partial charge < -0.3 is 14.6 Å². The van der Waals surface area contributed by atoms with E-state index in [0.29, 0.717) is 18.3 Å². The summed E-state index contributed by atoms with van der Waals surface area (Å²) >= 11 is 1.29. The van der Waals surface area contributed by atoms with E-state index >= 15 is 0 Å². The zero-order valence-electron chi connectivity index (χ0n) is 12.9. The largest absolute Gasteiger partial charge is 0.431 e. The SMILES string of the molecule is CC(=O)N1CCC(NC(=O)CSc2nc3ccccc3o2)CC1. The van der Waals surface area contributed by atoms with Gasteiger partial charge in [0.2, 0.25) is 11.8 Å². The van der Waals surface area contributed by atoms with Crippen LogP contribution in [0, 0.1) is 0 Å². The van der Waals surface area contributed by atoms with Crippen LogP contribution in [0.2, 0.25) is 0 Å². The fourth-order valence-corrected chi connectivity index (χ4v) is 3.30. The molecule has 1 N–H and O–H groups in total. The van der Waals surface area contributed by atoms with E-state index in [-0.39, 0.29) is 23.6 Å². The topological polar surface area (TPSA) is 75.4 Å². The number of nitrogens with one attached hydrogen (secondary N) is 1. The molecule has 1 saturated heterocycles. The number of nitrogens with zero attached hydrogens (tertiary/aromatic N) is 2. The predicted octanol–water partition coefficient (Wildman–Crippen LogP) is 2.05. The van der Waals surface area contributed by atoms with Crippen molar-refractivity contribution in [1.29, 1.82) is 0 Å². The summed E-state index contributed by atoms with van der Waals surface area (Å²) < 4.78 is 5.58. The van der Waals surface area contributed by atoms with Crippen LogP contribution in [0.3, 0.4) is 0 Å². The standard InChI is InChI=1S/C16H19N3O3S/c1-11(20)19-8-6-12(7-9-19)17-15(21)10-23-16-18-13-4-2-3-5-14(13)22-16/h2-5,12H,6-10H2,1H3,(H,17,21). The number of amides is 2. The molecule has 2 aromatic rings. The molecule has 2 amide bonds. The lowest BCUT2D eigenvalue weighted by Crippen LogP contribution is -2.46. The molecular formula is C16H19N3O3S. The van der Waals surface area contributed by atoms with Crippen LogP contribution < -0.4 is 5.32 Å². The highest BCUT2D eigenvalue weighted by atomic mass is 32.2. The number of aromatic nitrogens is 1. The Morgan fingerprint density at radius 1 is 1.35 bits per heavy atom. The molecule has 0 spiro atoms. The number of rotatable bonds is 4. The Balaban J connectivity index is 1.45. The summed E-state index contributed by atoms with van der Waals surface area (Å²) in [7, 11) is 0. The van der Waals surface area contributed by atoms with E-state index < -0.39 is 0 Å². The van der Waals surface area contributed by atoms with E-state index in [1.54, 1.807) is 6.92 Å². The number of thioether (sulfide) groups is 1. The maximum absolute atomic E-state index is 12.0. The molecule has 0 unspecified atom stereocenters. The van der Waals surface area contributed by atoms with Gasteiger partial charge in [0.05, 0.1) is 5.75 Å². The average Bonchev–Trinajstić information content (AvgIpc) is 2.96. The van der Waals surface area contributed by atoms with Gasteiger partial charge in [-0.05, 0) is 25.0 Å². The molecule has 1 aliphatic heterocycles. The number of oxazole rings is 1. The van der Waals surface area contributed by atoms with Crippen molar-refractivity contribution in [2.24, 2.45) is 0 Å². The zero-order valence-corrected chi connectivity index (χ0v) is 13.8.